The van der Waals surface area contributed by atoms with Crippen LogP contribution in [0.1, 0.15) is 6.42 Å². The first-order chi connectivity index (χ1) is 10.3. The second kappa shape index (κ2) is 5.44. The predicted molar refractivity (Wildman–Crippen MR) is 80.3 cm³/mol. The Hall–Kier alpha value is -1.80. The molecule has 0 spiro atoms. The third-order valence-corrected chi connectivity index (χ3v) is 4.41. The van der Waals surface area contributed by atoms with Crippen LogP contribution in [-0.4, -0.2) is 38.8 Å². The lowest BCUT2D eigenvalue weighted by atomic mass is 10.1. The second-order valence-electron chi connectivity index (χ2n) is 5.44. The van der Waals surface area contributed by atoms with Gasteiger partial charge in [0.05, 0.1) is 6.26 Å². The number of nitrogens with zero attached hydrogens (tertiary/aromatic N) is 2. The number of halogens is 2. The van der Waals surface area contributed by atoms with Gasteiger partial charge in [0, 0.05) is 30.7 Å². The number of hydrogen-bond donors (Lipinski definition) is 1. The zero-order valence-corrected chi connectivity index (χ0v) is 12.7. The van der Waals surface area contributed by atoms with Crippen molar-refractivity contribution in [3.63, 3.8) is 0 Å². The van der Waals surface area contributed by atoms with E-state index in [1.54, 1.807) is 6.07 Å². The van der Waals surface area contributed by atoms with Crippen LogP contribution in [0.25, 0.3) is 10.8 Å². The lowest BCUT2D eigenvalue weighted by Gasteiger charge is -2.19. The summed E-state index contributed by atoms with van der Waals surface area (Å²) >= 11 is 0. The first-order valence-corrected chi connectivity index (χ1v) is 8.68. The summed E-state index contributed by atoms with van der Waals surface area (Å²) in [5, 5.41) is 1.07. The van der Waals surface area contributed by atoms with Gasteiger partial charge in [0.2, 0.25) is 10.0 Å². The van der Waals surface area contributed by atoms with Gasteiger partial charge in [-0.3, -0.25) is 0 Å². The number of fused-ring (bicyclic) bond motifs is 1. The molecule has 22 heavy (non-hydrogen) atoms. The van der Waals surface area contributed by atoms with E-state index in [2.05, 4.69) is 9.71 Å². The number of pyridine rings is 1. The fraction of sp³-hybridized carbons (Fsp3) is 0.357. The van der Waals surface area contributed by atoms with Gasteiger partial charge in [-0.05, 0) is 30.0 Å². The number of sulfonamides is 1. The van der Waals surface area contributed by atoms with E-state index in [1.165, 1.54) is 6.20 Å². The zero-order valence-electron chi connectivity index (χ0n) is 11.9. The van der Waals surface area contributed by atoms with Crippen LogP contribution in [-0.2, 0) is 10.0 Å². The first kappa shape index (κ1) is 15.1. The van der Waals surface area contributed by atoms with Crippen molar-refractivity contribution in [3.05, 3.63) is 36.0 Å². The highest BCUT2D eigenvalue weighted by Crippen LogP contribution is 2.28. The smallest absolute Gasteiger partial charge is 0.209 e. The van der Waals surface area contributed by atoms with Crippen LogP contribution in [0.5, 0.6) is 0 Å². The van der Waals surface area contributed by atoms with Gasteiger partial charge in [-0.15, -0.1) is 0 Å². The molecule has 1 fully saturated rings. The molecule has 8 heteroatoms. The quantitative estimate of drug-likeness (QED) is 0.931. The monoisotopic (exact) mass is 327 g/mol. The largest absolute Gasteiger partial charge is 0.354 e. The number of nitrogens with one attached hydrogen (secondary N) is 1. The lowest BCUT2D eigenvalue weighted by molar-refractivity contribution is 0.511. The van der Waals surface area contributed by atoms with Gasteiger partial charge in [-0.1, -0.05) is 0 Å². The molecular formula is C14H15F2N3O2S. The zero-order chi connectivity index (χ0) is 15.9. The standard InChI is InChI=1S/C14H15F2N3O2S/c1-22(20,21)18-10-3-5-19(8-10)14-11-7-13(16)12(15)6-9(11)2-4-17-14/h2,4,6-7,10,18H,3,5,8H2,1H3/t10-/m0/s1. The maximum absolute atomic E-state index is 13.5. The summed E-state index contributed by atoms with van der Waals surface area (Å²) in [4.78, 5) is 6.13. The molecule has 2 heterocycles. The lowest BCUT2D eigenvalue weighted by Crippen LogP contribution is -2.36. The molecule has 0 radical (unpaired) electrons. The fourth-order valence-corrected chi connectivity index (χ4v) is 3.55. The van der Waals surface area contributed by atoms with E-state index in [0.717, 1.165) is 18.4 Å². The first-order valence-electron chi connectivity index (χ1n) is 6.79. The van der Waals surface area contributed by atoms with E-state index in [-0.39, 0.29) is 6.04 Å². The Bertz CT molecular complexity index is 826. The highest BCUT2D eigenvalue weighted by atomic mass is 32.2. The molecule has 0 amide bonds. The van der Waals surface area contributed by atoms with Gasteiger partial charge in [-0.2, -0.15) is 0 Å². The Morgan fingerprint density at radius 1 is 1.32 bits per heavy atom. The van der Waals surface area contributed by atoms with Gasteiger partial charge in [0.25, 0.3) is 0 Å². The van der Waals surface area contributed by atoms with Crippen LogP contribution in [0, 0.1) is 11.6 Å². The molecular weight excluding hydrogens is 312 g/mol. The van der Waals surface area contributed by atoms with Gasteiger partial charge in [-0.25, -0.2) is 26.9 Å². The van der Waals surface area contributed by atoms with Gasteiger partial charge in [0.15, 0.2) is 11.6 Å². The maximum atomic E-state index is 13.5. The molecule has 118 valence electrons. The number of hydrogen-bond acceptors (Lipinski definition) is 4. The molecule has 0 aliphatic carbocycles. The Morgan fingerprint density at radius 2 is 2.05 bits per heavy atom. The predicted octanol–water partition coefficient (Wildman–Crippen LogP) is 1.64. The molecule has 1 aromatic heterocycles. The number of aromatic nitrogens is 1. The summed E-state index contributed by atoms with van der Waals surface area (Å²) in [6.07, 6.45) is 3.28. The molecule has 2 aromatic rings. The number of benzene rings is 1. The minimum absolute atomic E-state index is 0.211. The average molecular weight is 327 g/mol. The van der Waals surface area contributed by atoms with Crippen LogP contribution in [0.2, 0.25) is 0 Å². The average Bonchev–Trinajstić information content (AvgIpc) is 2.85. The maximum Gasteiger partial charge on any atom is 0.209 e. The minimum atomic E-state index is -3.27. The van der Waals surface area contributed by atoms with Crippen molar-refractivity contribution in [2.45, 2.75) is 12.5 Å². The molecule has 5 nitrogen and oxygen atoms in total. The Labute approximate surface area is 127 Å². The summed E-state index contributed by atoms with van der Waals surface area (Å²) < 4.78 is 52.0. The molecule has 1 atom stereocenters. The number of anilines is 1. The van der Waals surface area contributed by atoms with Crippen molar-refractivity contribution in [3.8, 4) is 0 Å². The van der Waals surface area contributed by atoms with Crippen molar-refractivity contribution < 1.29 is 17.2 Å². The fourth-order valence-electron chi connectivity index (χ4n) is 2.76. The third kappa shape index (κ3) is 3.02. The SMILES string of the molecule is CS(=O)(=O)N[C@H]1CCN(c2nccc3cc(F)c(F)cc23)C1. The molecule has 0 unspecified atom stereocenters. The molecule has 0 bridgehead atoms. The summed E-state index contributed by atoms with van der Waals surface area (Å²) in [6.45, 7) is 1.04. The Balaban J connectivity index is 1.93. The molecule has 1 saturated heterocycles. The van der Waals surface area contributed by atoms with Crippen molar-refractivity contribution in [2.24, 2.45) is 0 Å². The van der Waals surface area contributed by atoms with Crippen molar-refractivity contribution in [1.82, 2.24) is 9.71 Å². The summed E-state index contributed by atoms with van der Waals surface area (Å²) in [5.41, 5.74) is 0. The summed E-state index contributed by atoms with van der Waals surface area (Å²) in [6, 6.07) is 3.67. The van der Waals surface area contributed by atoms with Gasteiger partial charge >= 0.3 is 0 Å². The van der Waals surface area contributed by atoms with E-state index in [1.807, 2.05) is 4.90 Å². The molecule has 1 aliphatic heterocycles. The minimum Gasteiger partial charge on any atom is -0.354 e. The van der Waals surface area contributed by atoms with Crippen molar-refractivity contribution in [1.29, 1.82) is 0 Å². The van der Waals surface area contributed by atoms with Crippen LogP contribution in [0.3, 0.4) is 0 Å². The highest BCUT2D eigenvalue weighted by Gasteiger charge is 2.26. The van der Waals surface area contributed by atoms with Crippen LogP contribution < -0.4 is 9.62 Å². The second-order valence-corrected chi connectivity index (χ2v) is 7.22. The van der Waals surface area contributed by atoms with E-state index >= 15 is 0 Å². The van der Waals surface area contributed by atoms with Crippen molar-refractivity contribution >= 4 is 26.6 Å². The highest BCUT2D eigenvalue weighted by molar-refractivity contribution is 7.88. The van der Waals surface area contributed by atoms with Crippen molar-refractivity contribution in [2.75, 3.05) is 24.2 Å². The van der Waals surface area contributed by atoms with E-state index in [4.69, 9.17) is 0 Å². The Kier molecular flexibility index (Phi) is 3.73. The molecule has 1 aliphatic rings. The molecule has 3 rings (SSSR count). The molecule has 0 saturated carbocycles. The van der Waals surface area contributed by atoms with Crippen LogP contribution >= 0.6 is 0 Å². The van der Waals surface area contributed by atoms with Gasteiger partial charge in [0.1, 0.15) is 5.82 Å². The Morgan fingerprint density at radius 3 is 2.77 bits per heavy atom. The van der Waals surface area contributed by atoms with Gasteiger partial charge < -0.3 is 4.90 Å². The summed E-state index contributed by atoms with van der Waals surface area (Å²) in [7, 11) is -3.27. The van der Waals surface area contributed by atoms with Crippen LogP contribution in [0.4, 0.5) is 14.6 Å². The topological polar surface area (TPSA) is 62.3 Å². The van der Waals surface area contributed by atoms with E-state index in [9.17, 15) is 17.2 Å². The van der Waals surface area contributed by atoms with E-state index < -0.39 is 21.7 Å². The molecule has 1 N–H and O–H groups in total. The van der Waals surface area contributed by atoms with Crippen LogP contribution in [0.15, 0.2) is 24.4 Å². The van der Waals surface area contributed by atoms with E-state index in [0.29, 0.717) is 36.1 Å². The normalized spacial score (nSPS) is 19.0. The number of rotatable bonds is 3. The summed E-state index contributed by atoms with van der Waals surface area (Å²) in [5.74, 6) is -1.29. The molecule has 1 aromatic carbocycles. The third-order valence-electron chi connectivity index (χ3n) is 3.65.